The van der Waals surface area contributed by atoms with Crippen LogP contribution in [-0.4, -0.2) is 28.3 Å². The molecule has 0 aromatic carbocycles. The molecule has 4 nitrogen and oxygen atoms in total. The molecule has 0 aliphatic carbocycles. The number of ether oxygens (including phenoxy) is 1. The monoisotopic (exact) mass is 284 g/mol. The number of Topliss-reactive ketones (excluding diaryl/α,β-unsaturated/α-hetero) is 1. The van der Waals surface area contributed by atoms with Crippen LogP contribution in [0.1, 0.15) is 44.5 Å². The van der Waals surface area contributed by atoms with E-state index in [-0.39, 0.29) is 11.9 Å². The fraction of sp³-hybridized carbons (Fsp3) is 0.714. The molecule has 1 aromatic heterocycles. The van der Waals surface area contributed by atoms with Gasteiger partial charge in [0.25, 0.3) is 0 Å². The van der Waals surface area contributed by atoms with Crippen LogP contribution >= 0.6 is 11.6 Å². The first-order chi connectivity index (χ1) is 9.15. The molecular weight excluding hydrogens is 264 g/mol. The smallest absolute Gasteiger partial charge is 0.141 e. The quantitative estimate of drug-likeness (QED) is 0.807. The summed E-state index contributed by atoms with van der Waals surface area (Å²) in [5.41, 5.74) is 1.73. The highest BCUT2D eigenvalue weighted by molar-refractivity contribution is 6.32. The summed E-state index contributed by atoms with van der Waals surface area (Å²) in [6.45, 7) is 5.55. The highest BCUT2D eigenvalue weighted by Gasteiger charge is 2.22. The van der Waals surface area contributed by atoms with Gasteiger partial charge in [-0.15, -0.1) is 0 Å². The van der Waals surface area contributed by atoms with Crippen LogP contribution in [0.2, 0.25) is 5.02 Å². The standard InChI is InChI=1S/C14H21ClN2O2/c1-3-12-14(15)13(17(4-2)16-12)9-10(18)8-11-6-5-7-19-11/h11H,3-9H2,1-2H3. The lowest BCUT2D eigenvalue weighted by atomic mass is 10.1. The van der Waals surface area contributed by atoms with Gasteiger partial charge in [0, 0.05) is 26.0 Å². The van der Waals surface area contributed by atoms with Crippen molar-refractivity contribution in [2.75, 3.05) is 6.61 Å². The summed E-state index contributed by atoms with van der Waals surface area (Å²) < 4.78 is 7.34. The van der Waals surface area contributed by atoms with Gasteiger partial charge < -0.3 is 4.74 Å². The topological polar surface area (TPSA) is 44.1 Å². The molecule has 0 spiro atoms. The molecule has 19 heavy (non-hydrogen) atoms. The zero-order valence-corrected chi connectivity index (χ0v) is 12.4. The molecule has 1 aliphatic rings. The predicted molar refractivity (Wildman–Crippen MR) is 74.6 cm³/mol. The van der Waals surface area contributed by atoms with Crippen LogP contribution in [0.15, 0.2) is 0 Å². The Morgan fingerprint density at radius 1 is 1.53 bits per heavy atom. The van der Waals surface area contributed by atoms with E-state index < -0.39 is 0 Å². The summed E-state index contributed by atoms with van der Waals surface area (Å²) in [5.74, 6) is 0.186. The molecule has 0 N–H and O–H groups in total. The van der Waals surface area contributed by atoms with Crippen molar-refractivity contribution in [2.45, 2.75) is 58.6 Å². The van der Waals surface area contributed by atoms with Crippen LogP contribution in [-0.2, 0) is 28.9 Å². The lowest BCUT2D eigenvalue weighted by Crippen LogP contribution is -2.16. The molecule has 1 atom stereocenters. The minimum Gasteiger partial charge on any atom is -0.378 e. The number of nitrogens with zero attached hydrogens (tertiary/aromatic N) is 2. The van der Waals surface area contributed by atoms with E-state index in [4.69, 9.17) is 16.3 Å². The summed E-state index contributed by atoms with van der Waals surface area (Å²) in [4.78, 5) is 12.1. The molecule has 0 amide bonds. The Morgan fingerprint density at radius 2 is 2.32 bits per heavy atom. The first-order valence-electron chi connectivity index (χ1n) is 7.03. The SMILES string of the molecule is CCc1nn(CC)c(CC(=O)CC2CCCO2)c1Cl. The van der Waals surface area contributed by atoms with Gasteiger partial charge in [-0.3, -0.25) is 9.48 Å². The van der Waals surface area contributed by atoms with Crippen molar-refractivity contribution in [3.8, 4) is 0 Å². The number of carbonyl (C=O) groups is 1. The maximum atomic E-state index is 12.1. The number of carbonyl (C=O) groups excluding carboxylic acids is 1. The van der Waals surface area contributed by atoms with E-state index in [1.54, 1.807) is 0 Å². The lowest BCUT2D eigenvalue weighted by molar-refractivity contribution is -0.120. The van der Waals surface area contributed by atoms with E-state index in [0.717, 1.165) is 43.8 Å². The van der Waals surface area contributed by atoms with E-state index in [2.05, 4.69) is 5.10 Å². The number of hydrogen-bond donors (Lipinski definition) is 0. The van der Waals surface area contributed by atoms with Crippen LogP contribution in [0.4, 0.5) is 0 Å². The van der Waals surface area contributed by atoms with Crippen molar-refractivity contribution in [3.63, 3.8) is 0 Å². The third-order valence-electron chi connectivity index (χ3n) is 3.54. The van der Waals surface area contributed by atoms with Crippen molar-refractivity contribution < 1.29 is 9.53 Å². The molecular formula is C14H21ClN2O2. The Balaban J connectivity index is 2.04. The van der Waals surface area contributed by atoms with Crippen LogP contribution in [0.3, 0.4) is 0 Å². The van der Waals surface area contributed by atoms with Crippen LogP contribution in [0.5, 0.6) is 0 Å². The molecule has 1 unspecified atom stereocenters. The summed E-state index contributed by atoms with van der Waals surface area (Å²) in [6.07, 6.45) is 3.80. The van der Waals surface area contributed by atoms with Gasteiger partial charge in [-0.25, -0.2) is 0 Å². The van der Waals surface area contributed by atoms with E-state index in [9.17, 15) is 4.79 Å². The first-order valence-corrected chi connectivity index (χ1v) is 7.40. The van der Waals surface area contributed by atoms with Gasteiger partial charge in [0.15, 0.2) is 0 Å². The summed E-state index contributed by atoms with van der Waals surface area (Å²) >= 11 is 6.30. The van der Waals surface area contributed by atoms with Crippen molar-refractivity contribution in [1.29, 1.82) is 0 Å². The average molecular weight is 285 g/mol. The van der Waals surface area contributed by atoms with Crippen LogP contribution < -0.4 is 0 Å². The van der Waals surface area contributed by atoms with Gasteiger partial charge in [0.1, 0.15) is 5.78 Å². The van der Waals surface area contributed by atoms with Crippen LogP contribution in [0, 0.1) is 0 Å². The molecule has 1 aromatic rings. The Labute approximate surface area is 119 Å². The molecule has 1 fully saturated rings. The third kappa shape index (κ3) is 3.37. The fourth-order valence-corrected chi connectivity index (χ4v) is 2.84. The summed E-state index contributed by atoms with van der Waals surface area (Å²) in [5, 5.41) is 5.09. The molecule has 0 saturated carbocycles. The molecule has 2 heterocycles. The van der Waals surface area contributed by atoms with Crippen molar-refractivity contribution in [1.82, 2.24) is 9.78 Å². The van der Waals surface area contributed by atoms with Crippen LogP contribution in [0.25, 0.3) is 0 Å². The highest BCUT2D eigenvalue weighted by atomic mass is 35.5. The van der Waals surface area contributed by atoms with Gasteiger partial charge in [0.05, 0.1) is 22.5 Å². The zero-order valence-electron chi connectivity index (χ0n) is 11.6. The molecule has 5 heteroatoms. The van der Waals surface area contributed by atoms with Gasteiger partial charge >= 0.3 is 0 Å². The molecule has 1 saturated heterocycles. The highest BCUT2D eigenvalue weighted by Crippen LogP contribution is 2.23. The molecule has 106 valence electrons. The Bertz CT molecular complexity index is 451. The fourth-order valence-electron chi connectivity index (χ4n) is 2.50. The number of aryl methyl sites for hydroxylation is 2. The van der Waals surface area contributed by atoms with Gasteiger partial charge in [0.2, 0.25) is 0 Å². The number of hydrogen-bond acceptors (Lipinski definition) is 3. The summed E-state index contributed by atoms with van der Waals surface area (Å²) in [7, 11) is 0. The van der Waals surface area contributed by atoms with Crippen molar-refractivity contribution in [2.24, 2.45) is 0 Å². The number of halogens is 1. The second kappa shape index (κ2) is 6.53. The molecule has 2 rings (SSSR count). The van der Waals surface area contributed by atoms with E-state index in [1.165, 1.54) is 0 Å². The molecule has 1 aliphatic heterocycles. The van der Waals surface area contributed by atoms with Crippen molar-refractivity contribution in [3.05, 3.63) is 16.4 Å². The second-order valence-corrected chi connectivity index (χ2v) is 5.31. The van der Waals surface area contributed by atoms with Gasteiger partial charge in [-0.1, -0.05) is 18.5 Å². The second-order valence-electron chi connectivity index (χ2n) is 4.93. The minimum absolute atomic E-state index is 0.106. The number of ketones is 1. The number of rotatable bonds is 6. The molecule has 0 radical (unpaired) electrons. The zero-order chi connectivity index (χ0) is 13.8. The minimum atomic E-state index is 0.106. The average Bonchev–Trinajstić information content (AvgIpc) is 2.99. The number of aromatic nitrogens is 2. The maximum Gasteiger partial charge on any atom is 0.141 e. The van der Waals surface area contributed by atoms with Gasteiger partial charge in [-0.05, 0) is 26.2 Å². The van der Waals surface area contributed by atoms with Gasteiger partial charge in [-0.2, -0.15) is 5.10 Å². The Hall–Kier alpha value is -0.870. The molecule has 0 bridgehead atoms. The maximum absolute atomic E-state index is 12.1. The first kappa shape index (κ1) is 14.5. The normalized spacial score (nSPS) is 19.0. The van der Waals surface area contributed by atoms with E-state index in [0.29, 0.717) is 17.9 Å². The lowest BCUT2D eigenvalue weighted by Gasteiger charge is -2.09. The largest absolute Gasteiger partial charge is 0.378 e. The predicted octanol–water partition coefficient (Wildman–Crippen LogP) is 2.80. The third-order valence-corrected chi connectivity index (χ3v) is 3.97. The Kier molecular flexibility index (Phi) is 4.99. The van der Waals surface area contributed by atoms with Crippen molar-refractivity contribution >= 4 is 17.4 Å². The Morgan fingerprint density at radius 3 is 2.89 bits per heavy atom. The van der Waals surface area contributed by atoms with E-state index >= 15 is 0 Å². The summed E-state index contributed by atoms with van der Waals surface area (Å²) in [6, 6.07) is 0. The van der Waals surface area contributed by atoms with E-state index in [1.807, 2.05) is 18.5 Å².